The van der Waals surface area contributed by atoms with Gasteiger partial charge in [0.15, 0.2) is 17.5 Å². The van der Waals surface area contributed by atoms with Crippen LogP contribution in [0.25, 0.3) is 67.1 Å². The molecule has 218 valence electrons. The van der Waals surface area contributed by atoms with Crippen molar-refractivity contribution in [2.24, 2.45) is 0 Å². The van der Waals surface area contributed by atoms with Gasteiger partial charge in [0.2, 0.25) is 0 Å². The summed E-state index contributed by atoms with van der Waals surface area (Å²) in [6.07, 6.45) is 0.834. The van der Waals surface area contributed by atoms with Gasteiger partial charge in [0.1, 0.15) is 0 Å². The minimum atomic E-state index is 0.663. The number of pyridine rings is 1. The van der Waals surface area contributed by atoms with Gasteiger partial charge in [0.25, 0.3) is 0 Å². The van der Waals surface area contributed by atoms with E-state index in [1.807, 2.05) is 60.7 Å². The van der Waals surface area contributed by atoms with E-state index in [1.165, 1.54) is 38.6 Å². The monoisotopic (exact) mass is 590 g/mol. The van der Waals surface area contributed by atoms with E-state index < -0.39 is 0 Å². The van der Waals surface area contributed by atoms with Crippen LogP contribution < -0.4 is 0 Å². The number of aromatic nitrogens is 4. The fourth-order valence-corrected chi connectivity index (χ4v) is 6.19. The predicted octanol–water partition coefficient (Wildman–Crippen LogP) is 10.1. The van der Waals surface area contributed by atoms with Crippen LogP contribution in [0.15, 0.2) is 152 Å². The van der Waals surface area contributed by atoms with Crippen molar-refractivity contribution in [2.75, 3.05) is 0 Å². The van der Waals surface area contributed by atoms with Crippen molar-refractivity contribution in [1.29, 1.82) is 0 Å². The quantitative estimate of drug-likeness (QED) is 0.181. The second kappa shape index (κ2) is 11.8. The highest BCUT2D eigenvalue weighted by atomic mass is 15.0. The standard InChI is InChI=1S/C42H30N4/c1-28-26-30(22-25-34(28)39-35-16-8-10-18-37(35)43-38-19-11-9-17-36(38)39)27-29-20-23-33(24-21-29)42-45-40(31-12-4-2-5-13-31)44-41(46-42)32-14-6-3-7-15-32/h2-26H,27H2,1H3. The van der Waals surface area contributed by atoms with Crippen molar-refractivity contribution >= 4 is 21.8 Å². The molecule has 0 saturated carbocycles. The first-order valence-electron chi connectivity index (χ1n) is 15.5. The maximum Gasteiger partial charge on any atom is 0.164 e. The van der Waals surface area contributed by atoms with E-state index in [2.05, 4.69) is 97.9 Å². The summed E-state index contributed by atoms with van der Waals surface area (Å²) in [6, 6.07) is 52.4. The fourth-order valence-electron chi connectivity index (χ4n) is 6.19. The van der Waals surface area contributed by atoms with Gasteiger partial charge in [-0.05, 0) is 47.7 Å². The number of hydrogen-bond acceptors (Lipinski definition) is 4. The molecule has 0 bridgehead atoms. The zero-order chi connectivity index (χ0) is 30.9. The van der Waals surface area contributed by atoms with Crippen LogP contribution >= 0.6 is 0 Å². The van der Waals surface area contributed by atoms with E-state index in [-0.39, 0.29) is 0 Å². The van der Waals surface area contributed by atoms with Crippen molar-refractivity contribution in [2.45, 2.75) is 13.3 Å². The molecule has 0 N–H and O–H groups in total. The summed E-state index contributed by atoms with van der Waals surface area (Å²) in [5.41, 5.74) is 11.2. The summed E-state index contributed by atoms with van der Waals surface area (Å²) in [7, 11) is 0. The lowest BCUT2D eigenvalue weighted by molar-refractivity contribution is 1.07. The van der Waals surface area contributed by atoms with Gasteiger partial charge in [-0.25, -0.2) is 19.9 Å². The topological polar surface area (TPSA) is 51.6 Å². The number of benzene rings is 6. The Kier molecular flexibility index (Phi) is 7.08. The molecule has 2 heterocycles. The minimum Gasteiger partial charge on any atom is -0.248 e. The normalized spacial score (nSPS) is 11.2. The molecule has 0 atom stereocenters. The summed E-state index contributed by atoms with van der Waals surface area (Å²) in [5.74, 6) is 1.99. The van der Waals surface area contributed by atoms with Crippen LogP contribution in [-0.2, 0) is 6.42 Å². The molecule has 8 aromatic rings. The molecular formula is C42H30N4. The highest BCUT2D eigenvalue weighted by Gasteiger charge is 2.15. The number of aryl methyl sites for hydroxylation is 1. The number of fused-ring (bicyclic) bond motifs is 2. The molecule has 0 spiro atoms. The molecule has 0 unspecified atom stereocenters. The van der Waals surface area contributed by atoms with Crippen LogP contribution in [0.5, 0.6) is 0 Å². The van der Waals surface area contributed by atoms with Crippen molar-refractivity contribution in [3.05, 3.63) is 168 Å². The summed E-state index contributed by atoms with van der Waals surface area (Å²) in [4.78, 5) is 19.5. The second-order valence-corrected chi connectivity index (χ2v) is 11.6. The van der Waals surface area contributed by atoms with E-state index in [1.54, 1.807) is 0 Å². The molecule has 0 aliphatic carbocycles. The molecule has 0 fully saturated rings. The van der Waals surface area contributed by atoms with Crippen LogP contribution in [0.4, 0.5) is 0 Å². The van der Waals surface area contributed by atoms with Crippen molar-refractivity contribution in [3.8, 4) is 45.3 Å². The first-order chi connectivity index (χ1) is 22.7. The van der Waals surface area contributed by atoms with E-state index in [0.717, 1.165) is 34.1 Å². The summed E-state index contributed by atoms with van der Waals surface area (Å²) < 4.78 is 0. The molecule has 0 amide bonds. The SMILES string of the molecule is Cc1cc(Cc2ccc(-c3nc(-c4ccccc4)nc(-c4ccccc4)n3)cc2)ccc1-c1c2ccccc2nc2ccccc12. The van der Waals surface area contributed by atoms with Gasteiger partial charge in [-0.15, -0.1) is 0 Å². The lowest BCUT2D eigenvalue weighted by atomic mass is 9.91. The van der Waals surface area contributed by atoms with Crippen molar-refractivity contribution in [3.63, 3.8) is 0 Å². The van der Waals surface area contributed by atoms with Gasteiger partial charge in [0, 0.05) is 33.0 Å². The number of rotatable bonds is 6. The number of nitrogens with zero attached hydrogens (tertiary/aromatic N) is 4. The molecule has 0 radical (unpaired) electrons. The van der Waals surface area contributed by atoms with Crippen LogP contribution in [0.1, 0.15) is 16.7 Å². The Bertz CT molecular complexity index is 2220. The van der Waals surface area contributed by atoms with Crippen LogP contribution in [0, 0.1) is 6.92 Å². The van der Waals surface area contributed by atoms with Crippen LogP contribution in [0.2, 0.25) is 0 Å². The van der Waals surface area contributed by atoms with E-state index in [0.29, 0.717) is 17.5 Å². The Morgan fingerprint density at radius 1 is 0.413 bits per heavy atom. The van der Waals surface area contributed by atoms with Gasteiger partial charge in [0.05, 0.1) is 11.0 Å². The zero-order valence-electron chi connectivity index (χ0n) is 25.4. The predicted molar refractivity (Wildman–Crippen MR) is 188 cm³/mol. The lowest BCUT2D eigenvalue weighted by Crippen LogP contribution is -2.00. The molecule has 0 aliphatic heterocycles. The Balaban J connectivity index is 1.11. The largest absolute Gasteiger partial charge is 0.248 e. The third-order valence-electron chi connectivity index (χ3n) is 8.47. The molecular weight excluding hydrogens is 560 g/mol. The maximum absolute atomic E-state index is 4.92. The summed E-state index contributed by atoms with van der Waals surface area (Å²) in [6.45, 7) is 2.21. The van der Waals surface area contributed by atoms with Crippen molar-refractivity contribution in [1.82, 2.24) is 19.9 Å². The summed E-state index contributed by atoms with van der Waals surface area (Å²) >= 11 is 0. The number of hydrogen-bond donors (Lipinski definition) is 0. The molecule has 0 aliphatic rings. The third kappa shape index (κ3) is 5.31. The van der Waals surface area contributed by atoms with Crippen molar-refractivity contribution < 1.29 is 0 Å². The van der Waals surface area contributed by atoms with Crippen LogP contribution in [0.3, 0.4) is 0 Å². The van der Waals surface area contributed by atoms with E-state index >= 15 is 0 Å². The Labute approximate surface area is 268 Å². The van der Waals surface area contributed by atoms with E-state index in [4.69, 9.17) is 19.9 Å². The lowest BCUT2D eigenvalue weighted by Gasteiger charge is -2.15. The van der Waals surface area contributed by atoms with Gasteiger partial charge in [-0.1, -0.05) is 140 Å². The Morgan fingerprint density at radius 2 is 0.870 bits per heavy atom. The second-order valence-electron chi connectivity index (χ2n) is 11.6. The first-order valence-corrected chi connectivity index (χ1v) is 15.5. The zero-order valence-corrected chi connectivity index (χ0v) is 25.4. The van der Waals surface area contributed by atoms with Gasteiger partial charge >= 0.3 is 0 Å². The molecule has 6 aromatic carbocycles. The van der Waals surface area contributed by atoms with Gasteiger partial charge < -0.3 is 0 Å². The van der Waals surface area contributed by atoms with Gasteiger partial charge in [-0.3, -0.25) is 0 Å². The Morgan fingerprint density at radius 3 is 1.39 bits per heavy atom. The molecule has 8 rings (SSSR count). The average Bonchev–Trinajstić information content (AvgIpc) is 3.12. The molecule has 4 nitrogen and oxygen atoms in total. The van der Waals surface area contributed by atoms with Crippen LogP contribution in [-0.4, -0.2) is 19.9 Å². The number of para-hydroxylation sites is 2. The fraction of sp³-hybridized carbons (Fsp3) is 0.0476. The average molecular weight is 591 g/mol. The molecule has 2 aromatic heterocycles. The molecule has 4 heteroatoms. The smallest absolute Gasteiger partial charge is 0.164 e. The maximum atomic E-state index is 4.92. The first kappa shape index (κ1) is 27.5. The Hall–Kier alpha value is -6.00. The minimum absolute atomic E-state index is 0.663. The highest BCUT2D eigenvalue weighted by Crippen LogP contribution is 2.37. The summed E-state index contributed by atoms with van der Waals surface area (Å²) in [5, 5.41) is 2.36. The third-order valence-corrected chi connectivity index (χ3v) is 8.47. The molecule has 0 saturated heterocycles. The highest BCUT2D eigenvalue weighted by molar-refractivity contribution is 6.09. The molecule has 46 heavy (non-hydrogen) atoms. The van der Waals surface area contributed by atoms with E-state index in [9.17, 15) is 0 Å². The van der Waals surface area contributed by atoms with Gasteiger partial charge in [-0.2, -0.15) is 0 Å².